The smallest absolute Gasteiger partial charge is 0.156 e. The summed E-state index contributed by atoms with van der Waals surface area (Å²) < 4.78 is 0. The minimum absolute atomic E-state index is 0.0757. The number of hydrogen-bond donors (Lipinski definition) is 0. The molecule has 0 aromatic heterocycles. The average molecular weight is 258 g/mol. The first-order valence-corrected chi connectivity index (χ1v) is 7.23. The summed E-state index contributed by atoms with van der Waals surface area (Å²) >= 11 is 0. The first-order valence-electron chi connectivity index (χ1n) is 7.23. The summed E-state index contributed by atoms with van der Waals surface area (Å²) in [5.74, 6) is 0. The maximum Gasteiger partial charge on any atom is 0.156 e. The molecule has 3 heteroatoms. The molecule has 2 heterocycles. The summed E-state index contributed by atoms with van der Waals surface area (Å²) in [5, 5.41) is 4.37. The third kappa shape index (κ3) is 2.52. The van der Waals surface area contributed by atoms with Gasteiger partial charge in [-0.15, -0.1) is 0 Å². The van der Waals surface area contributed by atoms with Gasteiger partial charge >= 0.3 is 0 Å². The van der Waals surface area contributed by atoms with E-state index in [1.807, 2.05) is 6.07 Å². The van der Waals surface area contributed by atoms with Crippen LogP contribution in [0.15, 0.2) is 35.5 Å². The van der Waals surface area contributed by atoms with E-state index in [4.69, 9.17) is 4.84 Å². The first-order chi connectivity index (χ1) is 9.19. The van der Waals surface area contributed by atoms with Crippen molar-refractivity contribution in [3.05, 3.63) is 35.9 Å². The van der Waals surface area contributed by atoms with Crippen LogP contribution in [-0.4, -0.2) is 35.3 Å². The van der Waals surface area contributed by atoms with Crippen LogP contribution in [0, 0.1) is 0 Å². The van der Waals surface area contributed by atoms with E-state index >= 15 is 0 Å². The first kappa shape index (κ1) is 12.7. The lowest BCUT2D eigenvalue weighted by atomic mass is 9.86. The Bertz CT molecular complexity index is 469. The maximum atomic E-state index is 5.88. The standard InChI is InChI=1S/C16H22N2O/c1-13(2)18-10-6-9-16(12-18)11-15(17-19-16)14-7-4-3-5-8-14/h3-5,7-8,13H,6,9-12H2,1-2H3. The van der Waals surface area contributed by atoms with Crippen molar-refractivity contribution in [2.45, 2.75) is 44.8 Å². The van der Waals surface area contributed by atoms with E-state index in [0.717, 1.165) is 25.1 Å². The van der Waals surface area contributed by atoms with Gasteiger partial charge < -0.3 is 4.84 Å². The molecule has 0 saturated carbocycles. The molecule has 102 valence electrons. The molecule has 1 saturated heterocycles. The Kier molecular flexibility index (Phi) is 3.31. The summed E-state index contributed by atoms with van der Waals surface area (Å²) in [6, 6.07) is 11.0. The molecule has 0 amide bonds. The van der Waals surface area contributed by atoms with Crippen molar-refractivity contribution >= 4 is 5.71 Å². The minimum atomic E-state index is -0.0757. The summed E-state index contributed by atoms with van der Waals surface area (Å²) in [6.45, 7) is 6.70. The highest BCUT2D eigenvalue weighted by Crippen LogP contribution is 2.35. The van der Waals surface area contributed by atoms with Gasteiger partial charge in [-0.05, 0) is 38.8 Å². The number of likely N-dealkylation sites (tertiary alicyclic amines) is 1. The van der Waals surface area contributed by atoms with Gasteiger partial charge in [0.1, 0.15) is 0 Å². The molecule has 1 aromatic rings. The fraction of sp³-hybridized carbons (Fsp3) is 0.562. The quantitative estimate of drug-likeness (QED) is 0.814. The monoisotopic (exact) mass is 258 g/mol. The van der Waals surface area contributed by atoms with E-state index in [1.165, 1.54) is 18.5 Å². The van der Waals surface area contributed by atoms with Crippen LogP contribution >= 0.6 is 0 Å². The number of piperidine rings is 1. The van der Waals surface area contributed by atoms with E-state index in [-0.39, 0.29) is 5.60 Å². The zero-order valence-corrected chi connectivity index (χ0v) is 11.8. The normalized spacial score (nSPS) is 27.6. The average Bonchev–Trinajstić information content (AvgIpc) is 2.83. The van der Waals surface area contributed by atoms with Crippen LogP contribution < -0.4 is 0 Å². The topological polar surface area (TPSA) is 24.8 Å². The zero-order valence-electron chi connectivity index (χ0n) is 11.8. The lowest BCUT2D eigenvalue weighted by Gasteiger charge is -2.40. The number of rotatable bonds is 2. The van der Waals surface area contributed by atoms with E-state index in [2.05, 4.69) is 48.2 Å². The Balaban J connectivity index is 1.73. The molecule has 3 rings (SSSR count). The largest absolute Gasteiger partial charge is 0.387 e. The lowest BCUT2D eigenvalue weighted by Crippen LogP contribution is -2.50. The van der Waals surface area contributed by atoms with Crippen LogP contribution in [0.1, 0.15) is 38.7 Å². The van der Waals surface area contributed by atoms with Crippen LogP contribution in [0.3, 0.4) is 0 Å². The van der Waals surface area contributed by atoms with E-state index in [1.54, 1.807) is 0 Å². The molecule has 1 spiro atoms. The zero-order chi connectivity index (χ0) is 13.3. The third-order valence-corrected chi connectivity index (χ3v) is 4.25. The van der Waals surface area contributed by atoms with E-state index in [0.29, 0.717) is 6.04 Å². The van der Waals surface area contributed by atoms with Crippen molar-refractivity contribution < 1.29 is 4.84 Å². The minimum Gasteiger partial charge on any atom is -0.387 e. The van der Waals surface area contributed by atoms with Gasteiger partial charge in [0.2, 0.25) is 0 Å². The van der Waals surface area contributed by atoms with Crippen molar-refractivity contribution in [1.82, 2.24) is 4.90 Å². The maximum absolute atomic E-state index is 5.88. The fourth-order valence-corrected chi connectivity index (χ4v) is 3.10. The van der Waals surface area contributed by atoms with Gasteiger partial charge in [-0.25, -0.2) is 0 Å². The highest BCUT2D eigenvalue weighted by molar-refractivity contribution is 6.01. The van der Waals surface area contributed by atoms with Crippen LogP contribution in [0.4, 0.5) is 0 Å². The summed E-state index contributed by atoms with van der Waals surface area (Å²) in [4.78, 5) is 8.38. The number of nitrogens with zero attached hydrogens (tertiary/aromatic N) is 2. The molecule has 1 unspecified atom stereocenters. The number of oxime groups is 1. The van der Waals surface area contributed by atoms with Crippen LogP contribution in [0.5, 0.6) is 0 Å². The Morgan fingerprint density at radius 3 is 2.79 bits per heavy atom. The van der Waals surface area contributed by atoms with Gasteiger partial charge in [-0.1, -0.05) is 35.5 Å². The number of hydrogen-bond acceptors (Lipinski definition) is 3. The van der Waals surface area contributed by atoms with Crippen LogP contribution in [0.2, 0.25) is 0 Å². The van der Waals surface area contributed by atoms with Gasteiger partial charge in [0, 0.05) is 19.0 Å². The second-order valence-electron chi connectivity index (χ2n) is 6.02. The summed E-state index contributed by atoms with van der Waals surface area (Å²) in [6.07, 6.45) is 3.27. The fourth-order valence-electron chi connectivity index (χ4n) is 3.10. The van der Waals surface area contributed by atoms with Crippen molar-refractivity contribution in [3.63, 3.8) is 0 Å². The lowest BCUT2D eigenvalue weighted by molar-refractivity contribution is -0.0748. The van der Waals surface area contributed by atoms with Crippen LogP contribution in [0.25, 0.3) is 0 Å². The molecular formula is C16H22N2O. The molecule has 1 fully saturated rings. The molecule has 0 bridgehead atoms. The van der Waals surface area contributed by atoms with Crippen molar-refractivity contribution in [2.75, 3.05) is 13.1 Å². The molecule has 2 aliphatic rings. The molecular weight excluding hydrogens is 236 g/mol. The van der Waals surface area contributed by atoms with Gasteiger partial charge in [0.25, 0.3) is 0 Å². The molecule has 1 atom stereocenters. The highest BCUT2D eigenvalue weighted by atomic mass is 16.7. The molecule has 0 N–H and O–H groups in total. The molecule has 19 heavy (non-hydrogen) atoms. The van der Waals surface area contributed by atoms with E-state index < -0.39 is 0 Å². The molecule has 1 aromatic carbocycles. The number of benzene rings is 1. The van der Waals surface area contributed by atoms with Gasteiger partial charge in [-0.3, -0.25) is 4.90 Å². The Morgan fingerprint density at radius 2 is 2.05 bits per heavy atom. The van der Waals surface area contributed by atoms with Crippen molar-refractivity contribution in [3.8, 4) is 0 Å². The third-order valence-electron chi connectivity index (χ3n) is 4.25. The second-order valence-corrected chi connectivity index (χ2v) is 6.02. The molecule has 3 nitrogen and oxygen atoms in total. The summed E-state index contributed by atoms with van der Waals surface area (Å²) in [7, 11) is 0. The summed E-state index contributed by atoms with van der Waals surface area (Å²) in [5.41, 5.74) is 2.22. The van der Waals surface area contributed by atoms with Crippen LogP contribution in [-0.2, 0) is 4.84 Å². The Hall–Kier alpha value is -1.35. The molecule has 0 aliphatic carbocycles. The van der Waals surface area contributed by atoms with E-state index in [9.17, 15) is 0 Å². The predicted molar refractivity (Wildman–Crippen MR) is 77.4 cm³/mol. The Labute approximate surface area is 115 Å². The highest BCUT2D eigenvalue weighted by Gasteiger charge is 2.43. The second kappa shape index (κ2) is 4.97. The van der Waals surface area contributed by atoms with Gasteiger partial charge in [0.15, 0.2) is 5.60 Å². The molecule has 0 radical (unpaired) electrons. The van der Waals surface area contributed by atoms with Gasteiger partial charge in [-0.2, -0.15) is 0 Å². The van der Waals surface area contributed by atoms with Gasteiger partial charge in [0.05, 0.1) is 5.71 Å². The SMILES string of the molecule is CC(C)N1CCCC2(CC(c3ccccc3)=NO2)C1. The predicted octanol–water partition coefficient (Wildman–Crippen LogP) is 3.05. The van der Waals surface area contributed by atoms with Crippen molar-refractivity contribution in [1.29, 1.82) is 0 Å². The Morgan fingerprint density at radius 1 is 1.26 bits per heavy atom. The molecule has 2 aliphatic heterocycles. The van der Waals surface area contributed by atoms with Crippen molar-refractivity contribution in [2.24, 2.45) is 5.16 Å².